The molecule has 0 bridgehead atoms. The molecule has 2 unspecified atom stereocenters. The zero-order valence-electron chi connectivity index (χ0n) is 8.82. The van der Waals surface area contributed by atoms with Gasteiger partial charge in [0.15, 0.2) is 0 Å². The smallest absolute Gasteiger partial charge is 0.0543 e. The molecule has 1 saturated carbocycles. The molecule has 0 saturated heterocycles. The number of nitrogens with one attached hydrogen (secondary N) is 1. The number of aliphatic hydroxyl groups excluding tert-OH is 1. The lowest BCUT2D eigenvalue weighted by atomic mass is 10.1. The lowest BCUT2D eigenvalue weighted by molar-refractivity contribution is 0.178. The van der Waals surface area contributed by atoms with Crippen LogP contribution < -0.4 is 11.1 Å². The van der Waals surface area contributed by atoms with Crippen LogP contribution in [-0.2, 0) is 0 Å². The van der Waals surface area contributed by atoms with E-state index in [1.165, 1.54) is 0 Å². The average molecular weight is 206 g/mol. The molecule has 0 heterocycles. The first-order chi connectivity index (χ1) is 7.24. The largest absolute Gasteiger partial charge is 0.399 e. The third-order valence-corrected chi connectivity index (χ3v) is 3.02. The molecule has 0 aliphatic heterocycles. The van der Waals surface area contributed by atoms with Crippen molar-refractivity contribution >= 4 is 11.4 Å². The van der Waals surface area contributed by atoms with Crippen LogP contribution in [0, 0.1) is 5.92 Å². The van der Waals surface area contributed by atoms with Gasteiger partial charge in [-0.1, -0.05) is 0 Å². The van der Waals surface area contributed by atoms with E-state index in [1.807, 2.05) is 24.3 Å². The van der Waals surface area contributed by atoms with Crippen LogP contribution in [0.3, 0.4) is 0 Å². The number of anilines is 2. The quantitative estimate of drug-likeness (QED) is 0.661. The van der Waals surface area contributed by atoms with Crippen LogP contribution >= 0.6 is 0 Å². The van der Waals surface area contributed by atoms with Crippen LogP contribution in [-0.4, -0.2) is 17.8 Å². The van der Waals surface area contributed by atoms with Gasteiger partial charge in [0.1, 0.15) is 0 Å². The van der Waals surface area contributed by atoms with E-state index >= 15 is 0 Å². The van der Waals surface area contributed by atoms with E-state index in [0.717, 1.165) is 37.2 Å². The van der Waals surface area contributed by atoms with Crippen molar-refractivity contribution in [2.24, 2.45) is 5.92 Å². The molecule has 1 aromatic carbocycles. The average Bonchev–Trinajstić information content (AvgIpc) is 2.64. The second-order valence-electron chi connectivity index (χ2n) is 4.34. The highest BCUT2D eigenvalue weighted by Gasteiger charge is 2.22. The molecule has 2 atom stereocenters. The van der Waals surface area contributed by atoms with Gasteiger partial charge in [0, 0.05) is 17.9 Å². The first-order valence-electron chi connectivity index (χ1n) is 5.51. The molecule has 1 fully saturated rings. The third kappa shape index (κ3) is 2.86. The molecule has 0 spiro atoms. The summed E-state index contributed by atoms with van der Waals surface area (Å²) >= 11 is 0. The van der Waals surface area contributed by atoms with Crippen molar-refractivity contribution in [2.45, 2.75) is 25.4 Å². The molecule has 3 heteroatoms. The van der Waals surface area contributed by atoms with Gasteiger partial charge in [-0.2, -0.15) is 0 Å². The Hall–Kier alpha value is -1.22. The molecule has 0 radical (unpaired) electrons. The van der Waals surface area contributed by atoms with Crippen LogP contribution in [0.15, 0.2) is 24.3 Å². The summed E-state index contributed by atoms with van der Waals surface area (Å²) in [6.07, 6.45) is 2.93. The highest BCUT2D eigenvalue weighted by molar-refractivity contribution is 5.51. The topological polar surface area (TPSA) is 58.3 Å². The summed E-state index contributed by atoms with van der Waals surface area (Å²) in [6.45, 7) is 0.945. The van der Waals surface area contributed by atoms with Gasteiger partial charge >= 0.3 is 0 Å². The summed E-state index contributed by atoms with van der Waals surface area (Å²) < 4.78 is 0. The van der Waals surface area contributed by atoms with Crippen molar-refractivity contribution in [1.82, 2.24) is 0 Å². The zero-order valence-corrected chi connectivity index (χ0v) is 8.82. The Labute approximate surface area is 90.3 Å². The minimum Gasteiger partial charge on any atom is -0.399 e. The summed E-state index contributed by atoms with van der Waals surface area (Å²) in [4.78, 5) is 0. The van der Waals surface area contributed by atoms with Crippen molar-refractivity contribution in [3.05, 3.63) is 24.3 Å². The lowest BCUT2D eigenvalue weighted by Gasteiger charge is -2.11. The van der Waals surface area contributed by atoms with Crippen molar-refractivity contribution in [3.63, 3.8) is 0 Å². The standard InChI is InChI=1S/C12H18N2O/c13-10-2-4-11(5-3-10)14-8-9-1-6-12(15)7-9/h2-5,9,12,14-15H,1,6-8,13H2. The summed E-state index contributed by atoms with van der Waals surface area (Å²) in [7, 11) is 0. The number of benzene rings is 1. The van der Waals surface area contributed by atoms with Gasteiger partial charge in [0.25, 0.3) is 0 Å². The maximum atomic E-state index is 9.39. The number of nitrogens with two attached hydrogens (primary N) is 1. The van der Waals surface area contributed by atoms with E-state index in [-0.39, 0.29) is 6.10 Å². The lowest BCUT2D eigenvalue weighted by Crippen LogP contribution is -2.12. The minimum atomic E-state index is -0.0804. The van der Waals surface area contributed by atoms with Gasteiger partial charge in [0.05, 0.1) is 6.10 Å². The molecular weight excluding hydrogens is 188 g/mol. The third-order valence-electron chi connectivity index (χ3n) is 3.02. The highest BCUT2D eigenvalue weighted by atomic mass is 16.3. The molecule has 1 aromatic rings. The van der Waals surface area contributed by atoms with Gasteiger partial charge in [-0.25, -0.2) is 0 Å². The minimum absolute atomic E-state index is 0.0804. The van der Waals surface area contributed by atoms with Crippen molar-refractivity contribution < 1.29 is 5.11 Å². The van der Waals surface area contributed by atoms with Crippen LogP contribution in [0.2, 0.25) is 0 Å². The monoisotopic (exact) mass is 206 g/mol. The van der Waals surface area contributed by atoms with Gasteiger partial charge in [-0.3, -0.25) is 0 Å². The molecule has 15 heavy (non-hydrogen) atoms. The van der Waals surface area contributed by atoms with E-state index in [1.54, 1.807) is 0 Å². The van der Waals surface area contributed by atoms with Crippen LogP contribution in [0.25, 0.3) is 0 Å². The second kappa shape index (κ2) is 4.53. The van der Waals surface area contributed by atoms with E-state index in [2.05, 4.69) is 5.32 Å². The summed E-state index contributed by atoms with van der Waals surface area (Å²) in [5, 5.41) is 12.8. The summed E-state index contributed by atoms with van der Waals surface area (Å²) in [5.74, 6) is 0.609. The molecule has 3 nitrogen and oxygen atoms in total. The Balaban J connectivity index is 1.80. The predicted molar refractivity (Wildman–Crippen MR) is 62.7 cm³/mol. The van der Waals surface area contributed by atoms with Gasteiger partial charge < -0.3 is 16.2 Å². The Morgan fingerprint density at radius 2 is 2.00 bits per heavy atom. The molecule has 1 aliphatic carbocycles. The van der Waals surface area contributed by atoms with Gasteiger partial charge in [0.2, 0.25) is 0 Å². The van der Waals surface area contributed by atoms with E-state index < -0.39 is 0 Å². The van der Waals surface area contributed by atoms with Crippen LogP contribution in [0.5, 0.6) is 0 Å². The fourth-order valence-electron chi connectivity index (χ4n) is 2.10. The summed E-state index contributed by atoms with van der Waals surface area (Å²) in [6, 6.07) is 7.76. The van der Waals surface area contributed by atoms with Crippen molar-refractivity contribution in [3.8, 4) is 0 Å². The van der Waals surface area contributed by atoms with Gasteiger partial charge in [-0.15, -0.1) is 0 Å². The molecule has 4 N–H and O–H groups in total. The van der Waals surface area contributed by atoms with Gasteiger partial charge in [-0.05, 0) is 49.4 Å². The zero-order chi connectivity index (χ0) is 10.7. The van der Waals surface area contributed by atoms with E-state index in [9.17, 15) is 5.11 Å². The highest BCUT2D eigenvalue weighted by Crippen LogP contribution is 2.25. The molecule has 82 valence electrons. The van der Waals surface area contributed by atoms with E-state index in [4.69, 9.17) is 5.73 Å². The summed E-state index contributed by atoms with van der Waals surface area (Å²) in [5.41, 5.74) is 7.49. The Kier molecular flexibility index (Phi) is 3.11. The molecule has 0 amide bonds. The maximum absolute atomic E-state index is 9.39. The molecule has 1 aliphatic rings. The SMILES string of the molecule is Nc1ccc(NCC2CCC(O)C2)cc1. The van der Waals surface area contributed by atoms with Crippen LogP contribution in [0.4, 0.5) is 11.4 Å². The number of nitrogen functional groups attached to an aromatic ring is 1. The fourth-order valence-corrected chi connectivity index (χ4v) is 2.10. The number of hydrogen-bond donors (Lipinski definition) is 3. The predicted octanol–water partition coefficient (Wildman–Crippen LogP) is 1.84. The number of hydrogen-bond acceptors (Lipinski definition) is 3. The first-order valence-corrected chi connectivity index (χ1v) is 5.51. The Morgan fingerprint density at radius 1 is 1.27 bits per heavy atom. The van der Waals surface area contributed by atoms with Crippen molar-refractivity contribution in [1.29, 1.82) is 0 Å². The second-order valence-corrected chi connectivity index (χ2v) is 4.34. The Bertz CT molecular complexity index is 310. The van der Waals surface area contributed by atoms with E-state index in [0.29, 0.717) is 5.92 Å². The Morgan fingerprint density at radius 3 is 2.60 bits per heavy atom. The normalized spacial score (nSPS) is 25.4. The molecule has 0 aromatic heterocycles. The fraction of sp³-hybridized carbons (Fsp3) is 0.500. The number of rotatable bonds is 3. The van der Waals surface area contributed by atoms with Crippen LogP contribution in [0.1, 0.15) is 19.3 Å². The molecular formula is C12H18N2O. The maximum Gasteiger partial charge on any atom is 0.0543 e. The molecule has 2 rings (SSSR count). The van der Waals surface area contributed by atoms with Crippen molar-refractivity contribution in [2.75, 3.05) is 17.6 Å². The number of aliphatic hydroxyl groups is 1. The first kappa shape index (κ1) is 10.3.